The molecule has 9 heteroatoms. The number of methoxy groups -OCH3 is 1. The summed E-state index contributed by atoms with van der Waals surface area (Å²) in [5, 5.41) is 2.33. The van der Waals surface area contributed by atoms with E-state index in [1.54, 1.807) is 0 Å². The second kappa shape index (κ2) is 8.32. The van der Waals surface area contributed by atoms with Crippen molar-refractivity contribution in [3.63, 3.8) is 0 Å². The molecule has 0 bridgehead atoms. The number of carbonyl (C=O) groups excluding carboxylic acids is 2. The van der Waals surface area contributed by atoms with Crippen LogP contribution in [0.15, 0.2) is 18.3 Å². The zero-order valence-electron chi connectivity index (χ0n) is 12.5. The fraction of sp³-hybridized carbons (Fsp3) is 0.462. The maximum Gasteiger partial charge on any atom is 0.325 e. The van der Waals surface area contributed by atoms with E-state index >= 15 is 0 Å². The van der Waals surface area contributed by atoms with Crippen molar-refractivity contribution in [1.29, 1.82) is 0 Å². The van der Waals surface area contributed by atoms with Crippen LogP contribution in [0.4, 0.5) is 5.69 Å². The summed E-state index contributed by atoms with van der Waals surface area (Å²) in [5.74, 6) is -1.09. The Kier molecular flexibility index (Phi) is 6.77. The quantitative estimate of drug-likeness (QED) is 0.672. The molecule has 22 heavy (non-hydrogen) atoms. The minimum absolute atomic E-state index is 0.0326. The highest BCUT2D eigenvalue weighted by Gasteiger charge is 2.12. The normalized spacial score (nSPS) is 10.8. The number of amides is 1. The number of hydrogen-bond acceptors (Lipinski definition) is 6. The Hall–Kier alpha value is -2.16. The van der Waals surface area contributed by atoms with Crippen LogP contribution in [0.25, 0.3) is 0 Å². The van der Waals surface area contributed by atoms with Gasteiger partial charge in [0.1, 0.15) is 12.2 Å². The van der Waals surface area contributed by atoms with E-state index in [9.17, 15) is 18.0 Å². The Bertz CT molecular complexity index is 613. The van der Waals surface area contributed by atoms with E-state index in [0.29, 0.717) is 6.42 Å². The zero-order chi connectivity index (χ0) is 16.6. The lowest BCUT2D eigenvalue weighted by Crippen LogP contribution is -2.30. The summed E-state index contributed by atoms with van der Waals surface area (Å²) in [7, 11) is -2.19. The van der Waals surface area contributed by atoms with Gasteiger partial charge in [-0.3, -0.25) is 14.3 Å². The highest BCUT2D eigenvalue weighted by atomic mass is 32.2. The summed E-state index contributed by atoms with van der Waals surface area (Å²) < 4.78 is 30.2. The standard InChI is InChI=1S/C13H19N3O5S/c1-3-4-7-22(19,20)16-10-5-6-11(14-8-10)13(18)15-9-12(17)21-2/h5-6,8,16H,3-4,7,9H2,1-2H3,(H,15,18). The molecule has 0 aliphatic heterocycles. The molecule has 0 saturated heterocycles. The Morgan fingerprint density at radius 3 is 2.59 bits per heavy atom. The van der Waals surface area contributed by atoms with Crippen molar-refractivity contribution in [2.24, 2.45) is 0 Å². The van der Waals surface area contributed by atoms with Gasteiger partial charge in [0.2, 0.25) is 10.0 Å². The molecule has 0 aromatic carbocycles. The number of sulfonamides is 1. The third kappa shape index (κ3) is 6.08. The molecule has 0 aliphatic rings. The molecule has 0 spiro atoms. The van der Waals surface area contributed by atoms with Crippen LogP contribution in [0.3, 0.4) is 0 Å². The molecular weight excluding hydrogens is 310 g/mol. The number of pyridine rings is 1. The van der Waals surface area contributed by atoms with E-state index in [2.05, 4.69) is 19.8 Å². The average Bonchev–Trinajstić information content (AvgIpc) is 2.50. The number of esters is 1. The number of anilines is 1. The first-order chi connectivity index (χ1) is 10.4. The molecule has 1 aromatic heterocycles. The van der Waals surface area contributed by atoms with E-state index in [1.165, 1.54) is 25.4 Å². The number of hydrogen-bond donors (Lipinski definition) is 2. The minimum Gasteiger partial charge on any atom is -0.468 e. The Morgan fingerprint density at radius 2 is 2.05 bits per heavy atom. The molecule has 0 atom stereocenters. The molecule has 1 heterocycles. The largest absolute Gasteiger partial charge is 0.468 e. The Labute approximate surface area is 129 Å². The van der Waals surface area contributed by atoms with Crippen LogP contribution in [0, 0.1) is 0 Å². The number of nitrogens with one attached hydrogen (secondary N) is 2. The van der Waals surface area contributed by atoms with Gasteiger partial charge in [0.15, 0.2) is 0 Å². The fourth-order valence-corrected chi connectivity index (χ4v) is 2.72. The van der Waals surface area contributed by atoms with Crippen molar-refractivity contribution in [1.82, 2.24) is 10.3 Å². The lowest BCUT2D eigenvalue weighted by atomic mass is 10.3. The van der Waals surface area contributed by atoms with Gasteiger partial charge < -0.3 is 10.1 Å². The zero-order valence-corrected chi connectivity index (χ0v) is 13.3. The summed E-state index contributed by atoms with van der Waals surface area (Å²) in [4.78, 5) is 26.4. The highest BCUT2D eigenvalue weighted by molar-refractivity contribution is 7.92. The molecule has 8 nitrogen and oxygen atoms in total. The van der Waals surface area contributed by atoms with E-state index in [4.69, 9.17) is 0 Å². The molecule has 1 amide bonds. The third-order valence-corrected chi connectivity index (χ3v) is 4.03. The summed E-state index contributed by atoms with van der Waals surface area (Å²) >= 11 is 0. The first-order valence-electron chi connectivity index (χ1n) is 6.69. The third-order valence-electron chi connectivity index (χ3n) is 2.66. The Morgan fingerprint density at radius 1 is 1.32 bits per heavy atom. The van der Waals surface area contributed by atoms with Gasteiger partial charge in [-0.2, -0.15) is 0 Å². The monoisotopic (exact) mass is 329 g/mol. The summed E-state index contributed by atoms with van der Waals surface area (Å²) in [6, 6.07) is 2.80. The molecule has 0 fully saturated rings. The van der Waals surface area contributed by atoms with Crippen LogP contribution >= 0.6 is 0 Å². The number of carbonyl (C=O) groups is 2. The lowest BCUT2D eigenvalue weighted by Gasteiger charge is -2.08. The van der Waals surface area contributed by atoms with Gasteiger partial charge in [0.25, 0.3) is 5.91 Å². The summed E-state index contributed by atoms with van der Waals surface area (Å²) in [5.41, 5.74) is 0.348. The van der Waals surface area contributed by atoms with Crippen molar-refractivity contribution in [3.05, 3.63) is 24.0 Å². The molecule has 0 aliphatic carbocycles. The van der Waals surface area contributed by atoms with E-state index in [1.807, 2.05) is 6.92 Å². The lowest BCUT2D eigenvalue weighted by molar-refractivity contribution is -0.139. The van der Waals surface area contributed by atoms with E-state index in [0.717, 1.165) is 6.42 Å². The molecule has 1 aromatic rings. The molecule has 0 unspecified atom stereocenters. The second-order valence-corrected chi connectivity index (χ2v) is 6.31. The summed E-state index contributed by atoms with van der Waals surface area (Å²) in [6.07, 6.45) is 2.59. The predicted octanol–water partition coefficient (Wildman–Crippen LogP) is 0.526. The van der Waals surface area contributed by atoms with Gasteiger partial charge in [-0.15, -0.1) is 0 Å². The van der Waals surface area contributed by atoms with Gasteiger partial charge in [0.05, 0.1) is 24.7 Å². The second-order valence-electron chi connectivity index (χ2n) is 4.47. The van der Waals surface area contributed by atoms with Crippen molar-refractivity contribution >= 4 is 27.6 Å². The number of nitrogens with zero attached hydrogens (tertiary/aromatic N) is 1. The molecule has 0 radical (unpaired) electrons. The topological polar surface area (TPSA) is 114 Å². The molecule has 1 rings (SSSR count). The molecule has 122 valence electrons. The maximum atomic E-state index is 11.7. The first kappa shape index (κ1) is 17.9. The minimum atomic E-state index is -3.41. The van der Waals surface area contributed by atoms with Crippen LogP contribution in [-0.2, 0) is 19.6 Å². The van der Waals surface area contributed by atoms with Gasteiger partial charge in [-0.1, -0.05) is 13.3 Å². The van der Waals surface area contributed by atoms with Gasteiger partial charge in [-0.05, 0) is 18.6 Å². The van der Waals surface area contributed by atoms with E-state index < -0.39 is 21.9 Å². The fourth-order valence-electron chi connectivity index (χ4n) is 1.47. The van der Waals surface area contributed by atoms with Crippen LogP contribution in [0.5, 0.6) is 0 Å². The van der Waals surface area contributed by atoms with Gasteiger partial charge in [0, 0.05) is 0 Å². The number of aromatic nitrogens is 1. The van der Waals surface area contributed by atoms with Crippen LogP contribution in [-0.4, -0.2) is 44.7 Å². The van der Waals surface area contributed by atoms with Crippen molar-refractivity contribution in [2.45, 2.75) is 19.8 Å². The number of unbranched alkanes of at least 4 members (excludes halogenated alkanes) is 1. The van der Waals surface area contributed by atoms with Gasteiger partial charge in [-0.25, -0.2) is 13.4 Å². The average molecular weight is 329 g/mol. The smallest absolute Gasteiger partial charge is 0.325 e. The molecule has 2 N–H and O–H groups in total. The SMILES string of the molecule is CCCCS(=O)(=O)Nc1ccc(C(=O)NCC(=O)OC)nc1. The van der Waals surface area contributed by atoms with Crippen LogP contribution in [0.2, 0.25) is 0 Å². The maximum absolute atomic E-state index is 11.7. The predicted molar refractivity (Wildman–Crippen MR) is 80.9 cm³/mol. The van der Waals surface area contributed by atoms with Crippen LogP contribution in [0.1, 0.15) is 30.3 Å². The van der Waals surface area contributed by atoms with Crippen molar-refractivity contribution < 1.29 is 22.7 Å². The number of rotatable bonds is 8. The first-order valence-corrected chi connectivity index (χ1v) is 8.34. The molecule has 0 saturated carbocycles. The van der Waals surface area contributed by atoms with Crippen LogP contribution < -0.4 is 10.0 Å². The van der Waals surface area contributed by atoms with Crippen molar-refractivity contribution in [3.8, 4) is 0 Å². The summed E-state index contributed by atoms with van der Waals surface area (Å²) in [6.45, 7) is 1.64. The Balaban J connectivity index is 2.63. The highest BCUT2D eigenvalue weighted by Crippen LogP contribution is 2.09. The van der Waals surface area contributed by atoms with Crippen molar-refractivity contribution in [2.75, 3.05) is 24.1 Å². The van der Waals surface area contributed by atoms with Gasteiger partial charge >= 0.3 is 5.97 Å². The molecular formula is C13H19N3O5S. The number of ether oxygens (including phenoxy) is 1. The van der Waals surface area contributed by atoms with E-state index in [-0.39, 0.29) is 23.7 Å².